The van der Waals surface area contributed by atoms with E-state index in [1.165, 1.54) is 21.7 Å². The van der Waals surface area contributed by atoms with Gasteiger partial charge in [-0.1, -0.05) is 49.4 Å². The Morgan fingerprint density at radius 2 is 1.90 bits per heavy atom. The molecule has 1 fully saturated rings. The molecule has 1 saturated heterocycles. The molecule has 7 nitrogen and oxygen atoms in total. The third-order valence-corrected chi connectivity index (χ3v) is 6.51. The highest BCUT2D eigenvalue weighted by Gasteiger charge is 2.52. The van der Waals surface area contributed by atoms with Crippen molar-refractivity contribution < 1.29 is 19.2 Å². The minimum absolute atomic E-state index is 0.0580. The molecule has 2 aliphatic heterocycles. The maximum Gasteiger partial charge on any atom is 0.243 e. The summed E-state index contributed by atoms with van der Waals surface area (Å²) in [5, 5.41) is 3.45. The van der Waals surface area contributed by atoms with Gasteiger partial charge in [-0.15, -0.1) is 11.8 Å². The first-order valence-corrected chi connectivity index (χ1v) is 10.8. The lowest BCUT2D eigenvalue weighted by molar-refractivity contribution is -0.311. The van der Waals surface area contributed by atoms with Crippen molar-refractivity contribution in [1.29, 1.82) is 0 Å². The van der Waals surface area contributed by atoms with E-state index < -0.39 is 17.4 Å². The van der Waals surface area contributed by atoms with Gasteiger partial charge in [-0.25, -0.2) is 5.06 Å². The third kappa shape index (κ3) is 3.80. The van der Waals surface area contributed by atoms with Crippen LogP contribution in [0.4, 0.5) is 5.69 Å². The summed E-state index contributed by atoms with van der Waals surface area (Å²) in [6.07, 6.45) is 1.02. The Morgan fingerprint density at radius 3 is 2.63 bits per heavy atom. The lowest BCUT2D eigenvalue weighted by Crippen LogP contribution is -2.62. The molecule has 2 aliphatic rings. The second kappa shape index (κ2) is 8.89. The molecular weight excluding hydrogens is 402 g/mol. The maximum atomic E-state index is 13.5. The van der Waals surface area contributed by atoms with Crippen LogP contribution in [0.5, 0.6) is 0 Å². The molecule has 3 atom stereocenters. The summed E-state index contributed by atoms with van der Waals surface area (Å²) >= 11 is 1.41. The first kappa shape index (κ1) is 20.4. The molecule has 4 rings (SSSR count). The zero-order valence-corrected chi connectivity index (χ0v) is 17.4. The molecule has 3 amide bonds. The number of nitrogens with zero attached hydrogens (tertiary/aromatic N) is 2. The van der Waals surface area contributed by atoms with Gasteiger partial charge in [0, 0.05) is 11.4 Å². The Balaban J connectivity index is 1.64. The highest BCUT2D eigenvalue weighted by atomic mass is 32.2. The standard InChI is InChI=1S/C22H23N3O4S/c1-2-12-23-18(27)13-24-16-10-6-7-11-17(16)30-21(22(24)28)19-20(29-25(19)14-26)15-8-4-3-5-9-15/h3-11,14,19-21H,2,12-13H2,1H3,(H,23,27). The van der Waals surface area contributed by atoms with Crippen LogP contribution in [-0.4, -0.2) is 47.7 Å². The predicted molar refractivity (Wildman–Crippen MR) is 114 cm³/mol. The molecule has 0 radical (unpaired) electrons. The highest BCUT2D eigenvalue weighted by Crippen LogP contribution is 2.47. The van der Waals surface area contributed by atoms with E-state index in [2.05, 4.69) is 5.32 Å². The molecule has 0 bridgehead atoms. The quantitative estimate of drug-likeness (QED) is 0.690. The van der Waals surface area contributed by atoms with Crippen molar-refractivity contribution in [3.8, 4) is 0 Å². The van der Waals surface area contributed by atoms with Crippen LogP contribution in [0, 0.1) is 0 Å². The Labute approximate surface area is 179 Å². The Bertz CT molecular complexity index is 939. The van der Waals surface area contributed by atoms with Crippen molar-refractivity contribution in [3.05, 3.63) is 60.2 Å². The number of carbonyl (C=O) groups excluding carboxylic acids is 3. The van der Waals surface area contributed by atoms with Crippen molar-refractivity contribution in [2.75, 3.05) is 18.0 Å². The zero-order valence-electron chi connectivity index (χ0n) is 16.6. The van der Waals surface area contributed by atoms with Crippen molar-refractivity contribution >= 4 is 35.7 Å². The predicted octanol–water partition coefficient (Wildman–Crippen LogP) is 2.53. The molecule has 2 aromatic rings. The Hall–Kier alpha value is -2.84. The molecule has 1 N–H and O–H groups in total. The molecule has 2 heterocycles. The molecule has 0 saturated carbocycles. The van der Waals surface area contributed by atoms with E-state index in [0.29, 0.717) is 18.6 Å². The fourth-order valence-corrected chi connectivity index (χ4v) is 5.07. The van der Waals surface area contributed by atoms with Gasteiger partial charge in [0.2, 0.25) is 18.2 Å². The average molecular weight is 426 g/mol. The number of hydrogen-bond acceptors (Lipinski definition) is 5. The van der Waals surface area contributed by atoms with Gasteiger partial charge in [0.15, 0.2) is 0 Å². The van der Waals surface area contributed by atoms with Crippen molar-refractivity contribution in [2.24, 2.45) is 0 Å². The van der Waals surface area contributed by atoms with Crippen molar-refractivity contribution in [3.63, 3.8) is 0 Å². The van der Waals surface area contributed by atoms with Crippen molar-refractivity contribution in [1.82, 2.24) is 10.4 Å². The smallest absolute Gasteiger partial charge is 0.243 e. The van der Waals surface area contributed by atoms with E-state index in [4.69, 9.17) is 4.84 Å². The van der Waals surface area contributed by atoms with Gasteiger partial charge in [0.05, 0.1) is 5.69 Å². The average Bonchev–Trinajstić information content (AvgIpc) is 2.75. The molecule has 0 aliphatic carbocycles. The molecule has 156 valence electrons. The minimum atomic E-state index is -0.581. The van der Waals surface area contributed by atoms with Gasteiger partial charge in [0.1, 0.15) is 23.9 Å². The van der Waals surface area contributed by atoms with E-state index >= 15 is 0 Å². The highest BCUT2D eigenvalue weighted by molar-refractivity contribution is 8.01. The fraction of sp³-hybridized carbons (Fsp3) is 0.318. The number of thioether (sulfide) groups is 1. The number of para-hydroxylation sites is 1. The van der Waals surface area contributed by atoms with Crippen LogP contribution in [-0.2, 0) is 19.2 Å². The lowest BCUT2D eigenvalue weighted by Gasteiger charge is -2.49. The first-order valence-electron chi connectivity index (χ1n) is 9.93. The lowest BCUT2D eigenvalue weighted by atomic mass is 9.95. The summed E-state index contributed by atoms with van der Waals surface area (Å²) < 4.78 is 0. The Kier molecular flexibility index (Phi) is 6.06. The normalized spacial score (nSPS) is 22.8. The largest absolute Gasteiger partial charge is 0.355 e. The molecule has 30 heavy (non-hydrogen) atoms. The zero-order chi connectivity index (χ0) is 21.1. The van der Waals surface area contributed by atoms with Crippen LogP contribution >= 0.6 is 11.8 Å². The van der Waals surface area contributed by atoms with Gasteiger partial charge in [0.25, 0.3) is 0 Å². The van der Waals surface area contributed by atoms with Crippen LogP contribution in [0.15, 0.2) is 59.5 Å². The van der Waals surface area contributed by atoms with Crippen LogP contribution in [0.1, 0.15) is 25.0 Å². The third-order valence-electron chi connectivity index (χ3n) is 5.17. The number of nitrogens with one attached hydrogen (secondary N) is 1. The summed E-state index contributed by atoms with van der Waals surface area (Å²) in [7, 11) is 0. The summed E-state index contributed by atoms with van der Waals surface area (Å²) in [5.74, 6) is -0.409. The maximum absolute atomic E-state index is 13.5. The van der Waals surface area contributed by atoms with Crippen molar-refractivity contribution in [2.45, 2.75) is 35.6 Å². The topological polar surface area (TPSA) is 79.0 Å². The van der Waals surface area contributed by atoms with Crippen LogP contribution in [0.2, 0.25) is 0 Å². The summed E-state index contributed by atoms with van der Waals surface area (Å²) in [6, 6.07) is 16.6. The number of rotatable bonds is 7. The molecule has 3 unspecified atom stereocenters. The molecule has 0 spiro atoms. The SMILES string of the molecule is CCCNC(=O)CN1C(=O)C(C2C(c3ccccc3)ON2C=O)Sc2ccccc21. The first-order chi connectivity index (χ1) is 14.6. The number of carbonyl (C=O) groups is 3. The van der Waals surface area contributed by atoms with Gasteiger partial charge in [-0.2, -0.15) is 0 Å². The van der Waals surface area contributed by atoms with Crippen LogP contribution < -0.4 is 10.2 Å². The second-order valence-electron chi connectivity index (χ2n) is 7.17. The summed E-state index contributed by atoms with van der Waals surface area (Å²) in [4.78, 5) is 45.5. The molecule has 2 aromatic carbocycles. The summed E-state index contributed by atoms with van der Waals surface area (Å²) in [5.41, 5.74) is 1.62. The number of hydroxylamine groups is 2. The monoisotopic (exact) mass is 425 g/mol. The van der Waals surface area contributed by atoms with E-state index in [1.54, 1.807) is 0 Å². The van der Waals surface area contributed by atoms with Crippen LogP contribution in [0.3, 0.4) is 0 Å². The molecule has 8 heteroatoms. The number of amides is 3. The summed E-state index contributed by atoms with van der Waals surface area (Å²) in [6.45, 7) is 2.48. The van der Waals surface area contributed by atoms with E-state index in [0.717, 1.165) is 16.9 Å². The molecule has 0 aromatic heterocycles. The van der Waals surface area contributed by atoms with Gasteiger partial charge < -0.3 is 10.2 Å². The number of anilines is 1. The van der Waals surface area contributed by atoms with Gasteiger partial charge >= 0.3 is 0 Å². The Morgan fingerprint density at radius 1 is 1.17 bits per heavy atom. The second-order valence-corrected chi connectivity index (χ2v) is 8.36. The fourth-order valence-electron chi connectivity index (χ4n) is 3.71. The van der Waals surface area contributed by atoms with E-state index in [-0.39, 0.29) is 18.4 Å². The van der Waals surface area contributed by atoms with E-state index in [9.17, 15) is 14.4 Å². The van der Waals surface area contributed by atoms with Crippen LogP contribution in [0.25, 0.3) is 0 Å². The van der Waals surface area contributed by atoms with Gasteiger partial charge in [-0.3, -0.25) is 19.2 Å². The minimum Gasteiger partial charge on any atom is -0.355 e. The number of benzene rings is 2. The van der Waals surface area contributed by atoms with E-state index in [1.807, 2.05) is 61.5 Å². The number of fused-ring (bicyclic) bond motifs is 1. The van der Waals surface area contributed by atoms with Gasteiger partial charge in [-0.05, 0) is 24.1 Å². The number of hydrogen-bond donors (Lipinski definition) is 1. The molecular formula is C22H23N3O4S.